The van der Waals surface area contributed by atoms with Gasteiger partial charge in [0.25, 0.3) is 5.91 Å². The van der Waals surface area contributed by atoms with Crippen molar-refractivity contribution >= 4 is 40.8 Å². The summed E-state index contributed by atoms with van der Waals surface area (Å²) in [7, 11) is 0. The van der Waals surface area contributed by atoms with Crippen LogP contribution in [0.3, 0.4) is 0 Å². The molecule has 1 N–H and O–H groups in total. The van der Waals surface area contributed by atoms with E-state index in [0.29, 0.717) is 27.7 Å². The van der Waals surface area contributed by atoms with Gasteiger partial charge in [-0.1, -0.05) is 41.4 Å². The first-order valence-electron chi connectivity index (χ1n) is 6.97. The number of nitrogens with one attached hydrogen (secondary N) is 1. The molecule has 0 saturated heterocycles. The molecule has 1 aliphatic rings. The lowest BCUT2D eigenvalue weighted by Crippen LogP contribution is -2.48. The third-order valence-corrected chi connectivity index (χ3v) is 4.29. The first-order valence-corrected chi connectivity index (χ1v) is 7.72. The van der Waals surface area contributed by atoms with Crippen LogP contribution in [0.25, 0.3) is 0 Å². The van der Waals surface area contributed by atoms with Gasteiger partial charge < -0.3 is 10.1 Å². The largest absolute Gasteiger partial charge is 0.445 e. The normalized spacial score (nSPS) is 19.7. The highest BCUT2D eigenvalue weighted by atomic mass is 35.5. The van der Waals surface area contributed by atoms with E-state index in [0.717, 1.165) is 5.56 Å². The second kappa shape index (κ2) is 5.87. The van der Waals surface area contributed by atoms with E-state index >= 15 is 0 Å². The number of anilines is 1. The maximum absolute atomic E-state index is 12.6. The number of amides is 1. The second-order valence-electron chi connectivity index (χ2n) is 5.53. The second-order valence-corrected chi connectivity index (χ2v) is 6.38. The molecule has 1 amide bonds. The highest BCUT2D eigenvalue weighted by molar-refractivity contribution is 6.36. The quantitative estimate of drug-likeness (QED) is 0.830. The van der Waals surface area contributed by atoms with E-state index < -0.39 is 17.5 Å². The third-order valence-electron chi connectivity index (χ3n) is 3.74. The average molecular weight is 350 g/mol. The first kappa shape index (κ1) is 15.8. The molecule has 0 fully saturated rings. The predicted octanol–water partition coefficient (Wildman–Crippen LogP) is 4.10. The van der Waals surface area contributed by atoms with E-state index in [9.17, 15) is 9.59 Å². The number of esters is 1. The fraction of sp³-hybridized carbons (Fsp3) is 0.176. The minimum atomic E-state index is -1.30. The van der Waals surface area contributed by atoms with Crippen LogP contribution in [0.2, 0.25) is 10.0 Å². The molecule has 0 bridgehead atoms. The molecule has 2 aromatic rings. The van der Waals surface area contributed by atoms with E-state index in [1.807, 2.05) is 12.1 Å². The maximum Gasteiger partial charge on any atom is 0.339 e. The lowest BCUT2D eigenvalue weighted by Gasteiger charge is -2.33. The molecule has 23 heavy (non-hydrogen) atoms. The Morgan fingerprint density at radius 2 is 1.96 bits per heavy atom. The average Bonchev–Trinajstić information content (AvgIpc) is 2.50. The van der Waals surface area contributed by atoms with E-state index in [1.54, 1.807) is 31.2 Å². The van der Waals surface area contributed by atoms with Crippen molar-refractivity contribution in [2.75, 3.05) is 5.32 Å². The molecule has 0 spiro atoms. The van der Waals surface area contributed by atoms with Crippen molar-refractivity contribution in [2.45, 2.75) is 18.9 Å². The zero-order valence-electron chi connectivity index (χ0n) is 12.2. The van der Waals surface area contributed by atoms with Gasteiger partial charge in [-0.3, -0.25) is 4.79 Å². The molecule has 1 unspecified atom stereocenters. The summed E-state index contributed by atoms with van der Waals surface area (Å²) in [5.41, 5.74) is 0.386. The minimum absolute atomic E-state index is 0.298. The predicted molar refractivity (Wildman–Crippen MR) is 89.1 cm³/mol. The lowest BCUT2D eigenvalue weighted by atomic mass is 9.89. The van der Waals surface area contributed by atoms with Crippen LogP contribution in [0.5, 0.6) is 0 Å². The lowest BCUT2D eigenvalue weighted by molar-refractivity contribution is -0.134. The summed E-state index contributed by atoms with van der Waals surface area (Å²) in [6, 6.07) is 11.8. The summed E-state index contributed by atoms with van der Waals surface area (Å²) in [5, 5.41) is 3.48. The Hall–Kier alpha value is -2.04. The van der Waals surface area contributed by atoms with Gasteiger partial charge in [0.15, 0.2) is 5.60 Å². The number of halogens is 2. The van der Waals surface area contributed by atoms with Crippen LogP contribution >= 0.6 is 23.2 Å². The zero-order chi connectivity index (χ0) is 16.6. The van der Waals surface area contributed by atoms with Crippen LogP contribution < -0.4 is 5.32 Å². The molecule has 118 valence electrons. The molecule has 0 aromatic heterocycles. The van der Waals surface area contributed by atoms with E-state index in [4.69, 9.17) is 27.9 Å². The summed E-state index contributed by atoms with van der Waals surface area (Å²) < 4.78 is 5.38. The third kappa shape index (κ3) is 3.05. The Balaban J connectivity index is 1.86. The molecule has 1 atom stereocenters. The van der Waals surface area contributed by atoms with Gasteiger partial charge in [-0.2, -0.15) is 0 Å². The Morgan fingerprint density at radius 3 is 2.70 bits per heavy atom. The van der Waals surface area contributed by atoms with Crippen LogP contribution in [0.1, 0.15) is 22.8 Å². The van der Waals surface area contributed by atoms with Crippen LogP contribution in [0.4, 0.5) is 5.69 Å². The van der Waals surface area contributed by atoms with Gasteiger partial charge in [0.2, 0.25) is 0 Å². The molecule has 0 aliphatic carbocycles. The number of hydrogen-bond donors (Lipinski definition) is 1. The summed E-state index contributed by atoms with van der Waals surface area (Å²) in [5.74, 6) is -0.948. The molecule has 4 nitrogen and oxygen atoms in total. The number of hydrogen-bond acceptors (Lipinski definition) is 3. The van der Waals surface area contributed by atoms with E-state index in [1.165, 1.54) is 6.07 Å². The topological polar surface area (TPSA) is 55.4 Å². The van der Waals surface area contributed by atoms with Crippen LogP contribution in [0, 0.1) is 0 Å². The molecular weight excluding hydrogens is 337 g/mol. The van der Waals surface area contributed by atoms with Gasteiger partial charge in [-0.25, -0.2) is 4.79 Å². The van der Waals surface area contributed by atoms with Crippen molar-refractivity contribution < 1.29 is 14.3 Å². The monoisotopic (exact) mass is 349 g/mol. The number of fused-ring (bicyclic) bond motifs is 1. The molecule has 3 rings (SSSR count). The van der Waals surface area contributed by atoms with Gasteiger partial charge in [-0.15, -0.1) is 0 Å². The molecule has 2 aromatic carbocycles. The first-order chi connectivity index (χ1) is 10.9. The van der Waals surface area contributed by atoms with Gasteiger partial charge in [-0.05, 0) is 36.8 Å². The van der Waals surface area contributed by atoms with Gasteiger partial charge in [0.05, 0.1) is 16.3 Å². The van der Waals surface area contributed by atoms with Crippen LogP contribution in [-0.2, 0) is 16.0 Å². The van der Waals surface area contributed by atoms with Crippen molar-refractivity contribution in [1.29, 1.82) is 0 Å². The Bertz CT molecular complexity index is 806. The van der Waals surface area contributed by atoms with Crippen molar-refractivity contribution in [2.24, 2.45) is 0 Å². The van der Waals surface area contributed by atoms with Crippen LogP contribution in [0.15, 0.2) is 42.5 Å². The van der Waals surface area contributed by atoms with E-state index in [2.05, 4.69) is 5.32 Å². The number of rotatable bonds is 2. The maximum atomic E-state index is 12.6. The van der Waals surface area contributed by atoms with Gasteiger partial charge in [0.1, 0.15) is 0 Å². The number of cyclic esters (lactones) is 1. The standard InChI is InChI=1S/C17H13Cl2NO3/c1-17(9-10-4-2-3-5-12(10)15(21)23-17)16(22)20-14-7-6-11(18)8-13(14)19/h2-8H,9H2,1H3,(H,20,22). The fourth-order valence-corrected chi connectivity index (χ4v) is 2.96. The molecule has 0 radical (unpaired) electrons. The number of carbonyl (C=O) groups is 2. The minimum Gasteiger partial charge on any atom is -0.445 e. The van der Waals surface area contributed by atoms with Gasteiger partial charge in [0, 0.05) is 11.4 Å². The SMILES string of the molecule is CC1(C(=O)Nc2ccc(Cl)cc2Cl)Cc2ccccc2C(=O)O1. The highest BCUT2D eigenvalue weighted by Gasteiger charge is 2.42. The molecule has 0 saturated carbocycles. The van der Waals surface area contributed by atoms with Crippen molar-refractivity contribution in [3.8, 4) is 0 Å². The smallest absolute Gasteiger partial charge is 0.339 e. The number of benzene rings is 2. The zero-order valence-corrected chi connectivity index (χ0v) is 13.7. The molecular formula is C17H13Cl2NO3. The fourth-order valence-electron chi connectivity index (χ4n) is 2.50. The van der Waals surface area contributed by atoms with Crippen LogP contribution in [-0.4, -0.2) is 17.5 Å². The molecule has 1 aliphatic heterocycles. The Kier molecular flexibility index (Phi) is 4.04. The van der Waals surface area contributed by atoms with Crippen molar-refractivity contribution in [3.05, 3.63) is 63.6 Å². The summed E-state index contributed by atoms with van der Waals surface area (Å²) in [6.07, 6.45) is 0.298. The number of carbonyl (C=O) groups excluding carboxylic acids is 2. The van der Waals surface area contributed by atoms with Gasteiger partial charge >= 0.3 is 5.97 Å². The Labute approximate surface area is 143 Å². The molecule has 1 heterocycles. The molecule has 6 heteroatoms. The summed E-state index contributed by atoms with van der Waals surface area (Å²) in [6.45, 7) is 1.58. The highest BCUT2D eigenvalue weighted by Crippen LogP contribution is 2.31. The summed E-state index contributed by atoms with van der Waals surface area (Å²) >= 11 is 11.9. The van der Waals surface area contributed by atoms with Crippen molar-refractivity contribution in [1.82, 2.24) is 0 Å². The summed E-state index contributed by atoms with van der Waals surface area (Å²) in [4.78, 5) is 24.7. The number of ether oxygens (including phenoxy) is 1. The Morgan fingerprint density at radius 1 is 1.22 bits per heavy atom. The van der Waals surface area contributed by atoms with E-state index in [-0.39, 0.29) is 0 Å². The van der Waals surface area contributed by atoms with Crippen molar-refractivity contribution in [3.63, 3.8) is 0 Å².